The molecule has 8 heteroatoms. The summed E-state index contributed by atoms with van der Waals surface area (Å²) < 4.78 is 11.1. The van der Waals surface area contributed by atoms with E-state index >= 15 is 0 Å². The van der Waals surface area contributed by atoms with Crippen LogP contribution in [0, 0.1) is 0 Å². The molecule has 0 bridgehead atoms. The van der Waals surface area contributed by atoms with Crippen molar-refractivity contribution in [3.63, 3.8) is 0 Å². The monoisotopic (exact) mass is 375 g/mol. The third-order valence-electron chi connectivity index (χ3n) is 3.74. The lowest BCUT2D eigenvalue weighted by Crippen LogP contribution is -2.45. The first-order valence-electron chi connectivity index (χ1n) is 8.43. The number of amides is 1. The number of hydrogen-bond donors (Lipinski definition) is 3. The maximum Gasteiger partial charge on any atom is 0.394 e. The van der Waals surface area contributed by atoms with Crippen LogP contribution >= 0.6 is 0 Å². The molecule has 1 aliphatic carbocycles. The summed E-state index contributed by atoms with van der Waals surface area (Å²) in [4.78, 5) is 32.9. The van der Waals surface area contributed by atoms with Crippen LogP contribution in [-0.4, -0.2) is 47.3 Å². The first-order chi connectivity index (χ1) is 13.0. The van der Waals surface area contributed by atoms with E-state index in [4.69, 9.17) is 19.7 Å². The normalized spacial score (nSPS) is 14.0. The smallest absolute Gasteiger partial charge is 0.394 e. The molecule has 1 aromatic rings. The van der Waals surface area contributed by atoms with E-state index in [1.165, 1.54) is 0 Å². The Morgan fingerprint density at radius 2 is 1.74 bits per heavy atom. The van der Waals surface area contributed by atoms with E-state index < -0.39 is 23.9 Å². The largest absolute Gasteiger partial charge is 0.490 e. The summed E-state index contributed by atoms with van der Waals surface area (Å²) in [5, 5.41) is 19.6. The molecular formula is C19H21NO7. The second-order valence-corrected chi connectivity index (χ2v) is 5.80. The van der Waals surface area contributed by atoms with Crippen LogP contribution < -0.4 is 10.1 Å². The molecule has 1 amide bonds. The van der Waals surface area contributed by atoms with Crippen LogP contribution in [0.4, 0.5) is 0 Å². The van der Waals surface area contributed by atoms with Crippen LogP contribution in [0.25, 0.3) is 0 Å². The average molecular weight is 375 g/mol. The van der Waals surface area contributed by atoms with Crippen LogP contribution in [0.15, 0.2) is 48.3 Å². The summed E-state index contributed by atoms with van der Waals surface area (Å²) in [6, 6.07) is 5.34. The fourth-order valence-corrected chi connectivity index (χ4v) is 2.39. The van der Waals surface area contributed by atoms with Crippen LogP contribution in [-0.2, 0) is 25.5 Å². The Hall–Kier alpha value is -3.29. The molecule has 0 aromatic heterocycles. The number of ether oxygens (including phenoxy) is 2. The average Bonchev–Trinajstić information content (AvgIpc) is 2.66. The Balaban J connectivity index is 1.80. The molecule has 0 fully saturated rings. The van der Waals surface area contributed by atoms with E-state index in [1.807, 2.05) is 17.5 Å². The lowest BCUT2D eigenvalue weighted by atomic mass is 10.1. The Morgan fingerprint density at radius 3 is 2.33 bits per heavy atom. The molecule has 0 aliphatic heterocycles. The summed E-state index contributed by atoms with van der Waals surface area (Å²) in [7, 11) is 0. The lowest BCUT2D eigenvalue weighted by Gasteiger charge is -2.14. The zero-order valence-electron chi connectivity index (χ0n) is 14.6. The van der Waals surface area contributed by atoms with Gasteiger partial charge in [-0.25, -0.2) is 9.59 Å². The molecule has 0 saturated heterocycles. The number of carbonyl (C=O) groups excluding carboxylic acids is 1. The summed E-state index contributed by atoms with van der Waals surface area (Å²) in [5.74, 6) is -2.97. The van der Waals surface area contributed by atoms with Crippen molar-refractivity contribution in [3.8, 4) is 5.75 Å². The van der Waals surface area contributed by atoms with Gasteiger partial charge in [-0.3, -0.25) is 4.79 Å². The quantitative estimate of drug-likeness (QED) is 0.442. The standard InChI is InChI=1S/C19H21NO7/c21-17(19(24)25)20-16(18(22)23)12-13-6-8-15(9-7-13)27-11-10-26-14-4-2-1-3-5-14/h2,4-9,16H,1,3,10-12H2,(H,20,21)(H,22,23)(H,24,25). The van der Waals surface area contributed by atoms with Crippen molar-refractivity contribution < 1.29 is 34.1 Å². The first kappa shape index (κ1) is 20.0. The second kappa shape index (κ2) is 10.0. The summed E-state index contributed by atoms with van der Waals surface area (Å²) in [6.45, 7) is 0.761. The number of allylic oxidation sites excluding steroid dienone is 3. The molecule has 0 heterocycles. The predicted octanol–water partition coefficient (Wildman–Crippen LogP) is 1.51. The first-order valence-corrected chi connectivity index (χ1v) is 8.43. The van der Waals surface area contributed by atoms with E-state index in [0.717, 1.165) is 18.6 Å². The number of carbonyl (C=O) groups is 3. The zero-order chi connectivity index (χ0) is 19.6. The number of nitrogens with one attached hydrogen (secondary N) is 1. The SMILES string of the molecule is O=C(O)C(=O)NC(Cc1ccc(OCCOC2=CCCC=C2)cc1)C(=O)O. The topological polar surface area (TPSA) is 122 Å². The highest BCUT2D eigenvalue weighted by Gasteiger charge is 2.23. The van der Waals surface area contributed by atoms with Gasteiger partial charge in [0.05, 0.1) is 0 Å². The third kappa shape index (κ3) is 6.85. The molecule has 1 aliphatic rings. The maximum absolute atomic E-state index is 11.2. The molecule has 27 heavy (non-hydrogen) atoms. The van der Waals surface area contributed by atoms with Gasteiger partial charge >= 0.3 is 17.8 Å². The van der Waals surface area contributed by atoms with Gasteiger partial charge in [-0.05, 0) is 42.7 Å². The van der Waals surface area contributed by atoms with Crippen molar-refractivity contribution in [2.24, 2.45) is 0 Å². The predicted molar refractivity (Wildman–Crippen MR) is 95.3 cm³/mol. The van der Waals surface area contributed by atoms with Crippen molar-refractivity contribution in [3.05, 3.63) is 53.8 Å². The van der Waals surface area contributed by atoms with Gasteiger partial charge in [0.2, 0.25) is 0 Å². The molecule has 2 rings (SSSR count). The van der Waals surface area contributed by atoms with E-state index in [-0.39, 0.29) is 6.42 Å². The van der Waals surface area contributed by atoms with Gasteiger partial charge in [-0.1, -0.05) is 18.2 Å². The number of aliphatic carboxylic acids is 2. The number of rotatable bonds is 9. The molecule has 144 valence electrons. The van der Waals surface area contributed by atoms with Gasteiger partial charge in [0, 0.05) is 6.42 Å². The number of hydrogen-bond acceptors (Lipinski definition) is 5. The van der Waals surface area contributed by atoms with E-state index in [9.17, 15) is 14.4 Å². The molecule has 3 N–H and O–H groups in total. The Labute approximate surface area is 156 Å². The van der Waals surface area contributed by atoms with Gasteiger partial charge in [-0.15, -0.1) is 0 Å². The summed E-state index contributed by atoms with van der Waals surface area (Å²) in [6.07, 6.45) is 7.96. The van der Waals surface area contributed by atoms with Crippen LogP contribution in [0.3, 0.4) is 0 Å². The summed E-state index contributed by atoms with van der Waals surface area (Å²) in [5.41, 5.74) is 0.620. The van der Waals surface area contributed by atoms with Crippen LogP contribution in [0.1, 0.15) is 18.4 Å². The molecule has 0 saturated carbocycles. The molecule has 0 spiro atoms. The van der Waals surface area contributed by atoms with Gasteiger partial charge in [0.25, 0.3) is 0 Å². The van der Waals surface area contributed by atoms with Gasteiger partial charge in [-0.2, -0.15) is 0 Å². The van der Waals surface area contributed by atoms with E-state index in [0.29, 0.717) is 24.5 Å². The zero-order valence-corrected chi connectivity index (χ0v) is 14.6. The minimum atomic E-state index is -1.73. The summed E-state index contributed by atoms with van der Waals surface area (Å²) >= 11 is 0. The van der Waals surface area contributed by atoms with Gasteiger partial charge in [0.15, 0.2) is 0 Å². The fourth-order valence-electron chi connectivity index (χ4n) is 2.39. The highest BCUT2D eigenvalue weighted by molar-refractivity contribution is 6.31. The van der Waals surface area contributed by atoms with Crippen LogP contribution in [0.2, 0.25) is 0 Å². The van der Waals surface area contributed by atoms with E-state index in [1.54, 1.807) is 24.3 Å². The van der Waals surface area contributed by atoms with Crippen molar-refractivity contribution in [1.82, 2.24) is 5.32 Å². The lowest BCUT2D eigenvalue weighted by molar-refractivity contribution is -0.152. The molecule has 0 radical (unpaired) electrons. The number of carboxylic acid groups (broad SMARTS) is 2. The van der Waals surface area contributed by atoms with E-state index in [2.05, 4.69) is 6.08 Å². The fraction of sp³-hybridized carbons (Fsp3) is 0.316. The molecule has 1 aromatic carbocycles. The number of benzene rings is 1. The highest BCUT2D eigenvalue weighted by Crippen LogP contribution is 2.14. The van der Waals surface area contributed by atoms with Crippen LogP contribution in [0.5, 0.6) is 5.75 Å². The molecule has 1 unspecified atom stereocenters. The minimum absolute atomic E-state index is 0.0434. The molecule has 8 nitrogen and oxygen atoms in total. The van der Waals surface area contributed by atoms with Crippen molar-refractivity contribution in [2.75, 3.05) is 13.2 Å². The maximum atomic E-state index is 11.2. The van der Waals surface area contributed by atoms with Crippen molar-refractivity contribution in [2.45, 2.75) is 25.3 Å². The molecular weight excluding hydrogens is 354 g/mol. The Kier molecular flexibility index (Phi) is 7.42. The highest BCUT2D eigenvalue weighted by atomic mass is 16.5. The second-order valence-electron chi connectivity index (χ2n) is 5.80. The number of carboxylic acids is 2. The Morgan fingerprint density at radius 1 is 1.04 bits per heavy atom. The van der Waals surface area contributed by atoms with Gasteiger partial charge in [0.1, 0.15) is 30.8 Å². The Bertz CT molecular complexity index is 737. The minimum Gasteiger partial charge on any atom is -0.490 e. The van der Waals surface area contributed by atoms with Crippen molar-refractivity contribution in [1.29, 1.82) is 0 Å². The third-order valence-corrected chi connectivity index (χ3v) is 3.74. The van der Waals surface area contributed by atoms with Crippen molar-refractivity contribution >= 4 is 17.8 Å². The van der Waals surface area contributed by atoms with Gasteiger partial charge < -0.3 is 25.0 Å². The molecule has 1 atom stereocenters.